The molecule has 4 aliphatic rings. The van der Waals surface area contributed by atoms with Crippen molar-refractivity contribution in [3.63, 3.8) is 0 Å². The van der Waals surface area contributed by atoms with Gasteiger partial charge in [-0.15, -0.1) is 0 Å². The Morgan fingerprint density at radius 3 is 1.89 bits per heavy atom. The summed E-state index contributed by atoms with van der Waals surface area (Å²) in [5, 5.41) is 8.73. The Labute approximate surface area is 380 Å². The highest BCUT2D eigenvalue weighted by Crippen LogP contribution is 2.37. The monoisotopic (exact) mass is 897 g/mol. The van der Waals surface area contributed by atoms with Crippen molar-refractivity contribution < 1.29 is 47.5 Å². The Morgan fingerprint density at radius 2 is 1.21 bits per heavy atom. The third kappa shape index (κ3) is 23.3. The second-order valence-electron chi connectivity index (χ2n) is 18.4. The molecule has 63 heavy (non-hydrogen) atoms. The number of rotatable bonds is 11. The van der Waals surface area contributed by atoms with Crippen LogP contribution in [0.1, 0.15) is 78.1 Å². The van der Waals surface area contributed by atoms with Crippen LogP contribution < -0.4 is 16.0 Å². The molecule has 0 aromatic carbocycles. The number of unbranched alkanes of at least 4 members (excludes halogenated alkanes) is 2. The van der Waals surface area contributed by atoms with Crippen LogP contribution in [0.25, 0.3) is 0 Å². The Bertz CT molecular complexity index is 1220. The smallest absolute Gasteiger partial charge is 0.246 e. The lowest BCUT2D eigenvalue weighted by Gasteiger charge is -2.47. The first kappa shape index (κ1) is 53.6. The standard InChI is InChI=1S/C47H88N6O10/c1-39-11-15-52-19-28-58-22-7-8-24-62-37-46(55)49-14-10-41-13-17-51(18-27-57-21-5-4-6-23-61-36-45(54)48-3)33-42(41)32-50-47(56)38-63-31-30-60-26-9-25-59-29-20-53-16-12-40(2)44(35-53)43(39)34-52/h39-44H,4-38H2,1-3H3,(H,48,54)(H,49,55)(H,50,56)/t39-,40+,41?,42?,43?,44?/m1/s1. The molecule has 4 bridgehead atoms. The summed E-state index contributed by atoms with van der Waals surface area (Å²) in [4.78, 5) is 44.4. The number of carbonyl (C=O) groups excluding carboxylic acids is 3. The highest BCUT2D eigenvalue weighted by atomic mass is 16.5. The summed E-state index contributed by atoms with van der Waals surface area (Å²) >= 11 is 0. The lowest BCUT2D eigenvalue weighted by molar-refractivity contribution is -0.127. The molecule has 0 spiro atoms. The quantitative estimate of drug-likeness (QED) is 0.260. The van der Waals surface area contributed by atoms with Crippen LogP contribution in [0.4, 0.5) is 0 Å². The Kier molecular flexibility index (Phi) is 28.5. The first-order valence-corrected chi connectivity index (χ1v) is 24.8. The van der Waals surface area contributed by atoms with Gasteiger partial charge in [0.1, 0.15) is 19.8 Å². The van der Waals surface area contributed by atoms with Gasteiger partial charge in [0.25, 0.3) is 0 Å². The van der Waals surface area contributed by atoms with Crippen LogP contribution in [0.3, 0.4) is 0 Å². The number of likely N-dealkylation sites (N-methyl/N-ethyl adjacent to an activating group) is 1. The molecule has 4 aliphatic heterocycles. The number of fused-ring (bicyclic) bond motifs is 6. The summed E-state index contributed by atoms with van der Waals surface area (Å²) in [6, 6.07) is 0. The highest BCUT2D eigenvalue weighted by Gasteiger charge is 2.38. The van der Waals surface area contributed by atoms with E-state index in [0.29, 0.717) is 90.3 Å². The molecular weight excluding hydrogens is 809 g/mol. The number of amides is 3. The van der Waals surface area contributed by atoms with E-state index in [9.17, 15) is 14.4 Å². The maximum atomic E-state index is 12.8. The topological polar surface area (TPSA) is 162 Å². The number of nitrogens with one attached hydrogen (secondary N) is 3. The minimum absolute atomic E-state index is 0.00125. The molecule has 0 aliphatic carbocycles. The van der Waals surface area contributed by atoms with Crippen molar-refractivity contribution in [1.29, 1.82) is 0 Å². The minimum Gasteiger partial charge on any atom is -0.380 e. The molecule has 4 heterocycles. The molecule has 16 nitrogen and oxygen atoms in total. The fraction of sp³-hybridized carbons (Fsp3) is 0.936. The average Bonchev–Trinajstić information content (AvgIpc) is 3.28. The first-order valence-electron chi connectivity index (χ1n) is 24.8. The Balaban J connectivity index is 1.17. The normalized spacial score (nSPS) is 31.0. The van der Waals surface area contributed by atoms with E-state index in [2.05, 4.69) is 44.5 Å². The third-order valence-corrected chi connectivity index (χ3v) is 13.6. The first-order chi connectivity index (χ1) is 30.8. The summed E-state index contributed by atoms with van der Waals surface area (Å²) < 4.78 is 40.5. The molecule has 3 N–H and O–H groups in total. The zero-order chi connectivity index (χ0) is 44.7. The number of nitrogens with zero attached hydrogens (tertiary/aromatic N) is 3. The van der Waals surface area contributed by atoms with Crippen molar-refractivity contribution in [2.75, 3.05) is 172 Å². The second kappa shape index (κ2) is 33.5. The summed E-state index contributed by atoms with van der Waals surface area (Å²) in [5.74, 6) is 3.19. The lowest BCUT2D eigenvalue weighted by atomic mass is 9.70. The molecule has 16 heteroatoms. The summed E-state index contributed by atoms with van der Waals surface area (Å²) in [6.07, 6.45) is 9.80. The largest absolute Gasteiger partial charge is 0.380 e. The molecule has 366 valence electrons. The van der Waals surface area contributed by atoms with Crippen molar-refractivity contribution in [2.45, 2.75) is 78.1 Å². The second-order valence-corrected chi connectivity index (χ2v) is 18.4. The van der Waals surface area contributed by atoms with Gasteiger partial charge in [-0.05, 0) is 119 Å². The molecule has 0 aromatic heterocycles. The Hall–Kier alpha value is -1.99. The molecular formula is C47H88N6O10. The summed E-state index contributed by atoms with van der Waals surface area (Å²) in [7, 11) is 1.60. The van der Waals surface area contributed by atoms with Crippen LogP contribution in [0.5, 0.6) is 0 Å². The van der Waals surface area contributed by atoms with Gasteiger partial charge in [-0.25, -0.2) is 0 Å². The van der Waals surface area contributed by atoms with Gasteiger partial charge in [-0.1, -0.05) is 13.8 Å². The van der Waals surface area contributed by atoms with Gasteiger partial charge in [0.15, 0.2) is 0 Å². The zero-order valence-corrected chi connectivity index (χ0v) is 39.6. The molecule has 0 aromatic rings. The fourth-order valence-corrected chi connectivity index (χ4v) is 9.50. The van der Waals surface area contributed by atoms with E-state index in [1.807, 2.05) is 0 Å². The van der Waals surface area contributed by atoms with Crippen molar-refractivity contribution in [2.24, 2.45) is 35.5 Å². The van der Waals surface area contributed by atoms with Gasteiger partial charge < -0.3 is 63.8 Å². The number of carbonyl (C=O) groups is 3. The van der Waals surface area contributed by atoms with E-state index >= 15 is 0 Å². The zero-order valence-electron chi connectivity index (χ0n) is 39.6. The van der Waals surface area contributed by atoms with Crippen LogP contribution in [0.2, 0.25) is 0 Å². The van der Waals surface area contributed by atoms with Gasteiger partial charge >= 0.3 is 0 Å². The van der Waals surface area contributed by atoms with Crippen molar-refractivity contribution in [1.82, 2.24) is 30.7 Å². The van der Waals surface area contributed by atoms with Crippen LogP contribution in [-0.4, -0.2) is 204 Å². The number of hydrogen-bond donors (Lipinski definition) is 3. The molecule has 0 saturated carbocycles. The number of ether oxygens (including phenoxy) is 7. The lowest BCUT2D eigenvalue weighted by Crippen LogP contribution is -2.51. The van der Waals surface area contributed by atoms with Gasteiger partial charge in [0, 0.05) is 99.0 Å². The number of piperidine rings is 3. The van der Waals surface area contributed by atoms with Gasteiger partial charge in [-0.2, -0.15) is 0 Å². The average molecular weight is 897 g/mol. The van der Waals surface area contributed by atoms with Crippen LogP contribution in [0.15, 0.2) is 0 Å². The summed E-state index contributed by atoms with van der Waals surface area (Å²) in [6.45, 7) is 22.2. The van der Waals surface area contributed by atoms with E-state index in [1.165, 1.54) is 12.8 Å². The maximum absolute atomic E-state index is 12.8. The van der Waals surface area contributed by atoms with Crippen LogP contribution in [-0.2, 0) is 47.5 Å². The minimum atomic E-state index is -0.129. The number of likely N-dealkylation sites (tertiary alicyclic amines) is 1. The van der Waals surface area contributed by atoms with E-state index in [4.69, 9.17) is 33.2 Å². The molecule has 3 amide bonds. The third-order valence-electron chi connectivity index (χ3n) is 13.6. The van der Waals surface area contributed by atoms with Gasteiger partial charge in [-0.3, -0.25) is 14.4 Å². The van der Waals surface area contributed by atoms with E-state index in [0.717, 1.165) is 135 Å². The van der Waals surface area contributed by atoms with Gasteiger partial charge in [0.2, 0.25) is 17.7 Å². The predicted molar refractivity (Wildman–Crippen MR) is 244 cm³/mol. The van der Waals surface area contributed by atoms with Crippen molar-refractivity contribution in [3.05, 3.63) is 0 Å². The van der Waals surface area contributed by atoms with Crippen molar-refractivity contribution >= 4 is 17.7 Å². The van der Waals surface area contributed by atoms with Gasteiger partial charge in [0.05, 0.1) is 33.0 Å². The fourth-order valence-electron chi connectivity index (χ4n) is 9.50. The summed E-state index contributed by atoms with van der Waals surface area (Å²) in [5.41, 5.74) is 0. The predicted octanol–water partition coefficient (Wildman–Crippen LogP) is 2.68. The molecule has 8 atom stereocenters. The Morgan fingerprint density at radius 1 is 0.619 bits per heavy atom. The van der Waals surface area contributed by atoms with Crippen LogP contribution >= 0.6 is 0 Å². The molecule has 0 radical (unpaired) electrons. The van der Waals surface area contributed by atoms with E-state index in [1.54, 1.807) is 7.05 Å². The maximum Gasteiger partial charge on any atom is 0.246 e. The van der Waals surface area contributed by atoms with Crippen LogP contribution in [0, 0.1) is 35.5 Å². The van der Waals surface area contributed by atoms with E-state index in [-0.39, 0.29) is 43.5 Å². The highest BCUT2D eigenvalue weighted by molar-refractivity contribution is 5.77. The molecule has 6 unspecified atom stereocenters. The molecule has 4 fully saturated rings. The van der Waals surface area contributed by atoms with E-state index < -0.39 is 0 Å². The van der Waals surface area contributed by atoms with Crippen molar-refractivity contribution in [3.8, 4) is 0 Å². The molecule has 4 rings (SSSR count). The number of hydrogen-bond acceptors (Lipinski definition) is 13. The molecule has 4 saturated heterocycles. The SMILES string of the molecule is CNC(=O)COCCCCCOCCN1CCC2CCNC(=O)COCCCCOCCN3CC[C@@H](C)C(C3)C3CN(CCOCCCOCCOCC(=O)NCC2C1)CC[C@@H]3C.